The average molecular weight is 513 g/mol. The highest BCUT2D eigenvalue weighted by Gasteiger charge is 2.11. The molecular formula is C32H32O6. The monoisotopic (exact) mass is 512 g/mol. The minimum absolute atomic E-state index is 0.147. The first-order valence-electron chi connectivity index (χ1n) is 12.0. The van der Waals surface area contributed by atoms with Gasteiger partial charge in [-0.2, -0.15) is 0 Å². The first-order chi connectivity index (χ1) is 18.5. The molecule has 0 fully saturated rings. The topological polar surface area (TPSA) is 85.2 Å². The number of rotatable bonds is 12. The second kappa shape index (κ2) is 14.3. The number of carbonyl (C=O) groups is 1. The lowest BCUT2D eigenvalue weighted by Gasteiger charge is -2.08. The summed E-state index contributed by atoms with van der Waals surface area (Å²) in [6, 6.07) is 20.4. The molecule has 0 heterocycles. The maximum Gasteiger partial charge on any atom is 0.185 e. The third-order valence-corrected chi connectivity index (χ3v) is 5.78. The highest BCUT2D eigenvalue weighted by Crippen LogP contribution is 2.28. The van der Waals surface area contributed by atoms with Gasteiger partial charge in [0.2, 0.25) is 0 Å². The zero-order chi connectivity index (χ0) is 27.3. The van der Waals surface area contributed by atoms with Crippen LogP contribution in [0.1, 0.15) is 28.7 Å². The summed E-state index contributed by atoms with van der Waals surface area (Å²) < 4.78 is 15.8. The van der Waals surface area contributed by atoms with Crippen LogP contribution in [0.2, 0.25) is 0 Å². The molecule has 6 heteroatoms. The van der Waals surface area contributed by atoms with E-state index in [0.29, 0.717) is 22.8 Å². The molecule has 0 aliphatic carbocycles. The predicted octanol–water partition coefficient (Wildman–Crippen LogP) is 6.42. The van der Waals surface area contributed by atoms with E-state index in [-0.39, 0.29) is 30.1 Å². The molecule has 0 saturated heterocycles. The fourth-order valence-electron chi connectivity index (χ4n) is 3.74. The highest BCUT2D eigenvalue weighted by atomic mass is 16.5. The van der Waals surface area contributed by atoms with Gasteiger partial charge in [0.25, 0.3) is 0 Å². The van der Waals surface area contributed by atoms with Gasteiger partial charge in [-0.05, 0) is 59.5 Å². The summed E-state index contributed by atoms with van der Waals surface area (Å²) in [4.78, 5) is 13.2. The summed E-state index contributed by atoms with van der Waals surface area (Å²) in [5.74, 6) is 1.24. The molecule has 0 bridgehead atoms. The minimum atomic E-state index is -0.328. The third-order valence-electron chi connectivity index (χ3n) is 5.78. The van der Waals surface area contributed by atoms with E-state index in [1.807, 2.05) is 48.6 Å². The molecule has 3 aromatic carbocycles. The average Bonchev–Trinajstić information content (AvgIpc) is 2.96. The fourth-order valence-corrected chi connectivity index (χ4v) is 3.74. The molecule has 0 aliphatic heterocycles. The van der Waals surface area contributed by atoms with Gasteiger partial charge >= 0.3 is 0 Å². The number of ketones is 1. The maximum absolute atomic E-state index is 13.2. The first kappa shape index (κ1) is 28.0. The molecule has 3 aromatic rings. The fraction of sp³-hybridized carbons (Fsp3) is 0.156. The number of ether oxygens (including phenoxy) is 3. The van der Waals surface area contributed by atoms with Crippen LogP contribution in [0.5, 0.6) is 17.2 Å². The van der Waals surface area contributed by atoms with Gasteiger partial charge in [-0.25, -0.2) is 0 Å². The number of carbonyl (C=O) groups excluding carboxylic acids is 1. The second-order valence-corrected chi connectivity index (χ2v) is 8.26. The smallest absolute Gasteiger partial charge is 0.185 e. The Morgan fingerprint density at radius 3 is 2.03 bits per heavy atom. The molecule has 3 rings (SSSR count). The molecule has 38 heavy (non-hydrogen) atoms. The van der Waals surface area contributed by atoms with Crippen LogP contribution in [0.3, 0.4) is 0 Å². The van der Waals surface area contributed by atoms with Gasteiger partial charge < -0.3 is 24.4 Å². The summed E-state index contributed by atoms with van der Waals surface area (Å²) in [5, 5.41) is 20.5. The molecule has 2 N–H and O–H groups in total. The number of hydrogen-bond donors (Lipinski definition) is 2. The number of allylic oxidation sites excluding steroid dienone is 4. The van der Waals surface area contributed by atoms with E-state index in [2.05, 4.69) is 0 Å². The third kappa shape index (κ3) is 7.72. The summed E-state index contributed by atoms with van der Waals surface area (Å²) in [7, 11) is 4.64. The molecule has 0 radical (unpaired) electrons. The number of methoxy groups -OCH3 is 3. The Kier molecular flexibility index (Phi) is 10.5. The van der Waals surface area contributed by atoms with Gasteiger partial charge in [-0.1, -0.05) is 66.8 Å². The van der Waals surface area contributed by atoms with Crippen molar-refractivity contribution in [3.05, 3.63) is 119 Å². The van der Waals surface area contributed by atoms with Gasteiger partial charge in [0.15, 0.2) is 17.3 Å². The Labute approximate surface area is 223 Å². The normalized spacial score (nSPS) is 12.2. The standard InChI is InChI=1S/C32H32O6/c1-36-30-18-14-24(20-26(30)22-33)12-16-28(34)27(11-7-10-23-8-5-4-6-9-23)29(35)17-13-25-15-19-31(37-2)32(21-25)38-3/h4-10,12-21,33-34H,11,22H2,1-3H3/b10-7+,16-12+,17-13+,28-27-. The SMILES string of the molecule is COc1ccc(/C=C/C(O)=C(\C/C=C/c2ccccc2)C(=O)/C=C/c2ccc(OC)c(OC)c2)cc1CO. The largest absolute Gasteiger partial charge is 0.508 e. The molecule has 0 aliphatic rings. The van der Waals surface area contributed by atoms with Crippen LogP contribution < -0.4 is 14.2 Å². The number of aliphatic hydroxyl groups is 2. The molecule has 0 atom stereocenters. The minimum Gasteiger partial charge on any atom is -0.508 e. The molecule has 196 valence electrons. The van der Waals surface area contributed by atoms with Crippen molar-refractivity contribution in [2.45, 2.75) is 13.0 Å². The zero-order valence-corrected chi connectivity index (χ0v) is 21.8. The number of aliphatic hydroxyl groups excluding tert-OH is 2. The van der Waals surface area contributed by atoms with E-state index < -0.39 is 0 Å². The van der Waals surface area contributed by atoms with Crippen LogP contribution in [0.15, 0.2) is 96.3 Å². The van der Waals surface area contributed by atoms with Crippen molar-refractivity contribution in [3.63, 3.8) is 0 Å². The van der Waals surface area contributed by atoms with E-state index in [1.165, 1.54) is 19.3 Å². The van der Waals surface area contributed by atoms with Crippen molar-refractivity contribution in [2.24, 2.45) is 0 Å². The summed E-state index contributed by atoms with van der Waals surface area (Å²) in [6.07, 6.45) is 10.2. The van der Waals surface area contributed by atoms with E-state index in [4.69, 9.17) is 14.2 Å². The van der Waals surface area contributed by atoms with Crippen LogP contribution in [0.25, 0.3) is 18.2 Å². The number of hydrogen-bond acceptors (Lipinski definition) is 6. The Hall–Kier alpha value is -4.55. The molecule has 0 saturated carbocycles. The lowest BCUT2D eigenvalue weighted by atomic mass is 10.0. The Morgan fingerprint density at radius 2 is 1.37 bits per heavy atom. The van der Waals surface area contributed by atoms with Crippen molar-refractivity contribution in [2.75, 3.05) is 21.3 Å². The predicted molar refractivity (Wildman–Crippen MR) is 151 cm³/mol. The lowest BCUT2D eigenvalue weighted by molar-refractivity contribution is -0.111. The zero-order valence-electron chi connectivity index (χ0n) is 21.8. The lowest BCUT2D eigenvalue weighted by Crippen LogP contribution is -2.02. The maximum atomic E-state index is 13.2. The van der Waals surface area contributed by atoms with Crippen molar-refractivity contribution >= 4 is 24.0 Å². The molecule has 0 aromatic heterocycles. The van der Waals surface area contributed by atoms with E-state index in [9.17, 15) is 15.0 Å². The Bertz CT molecular complexity index is 1350. The summed E-state index contributed by atoms with van der Waals surface area (Å²) in [6.45, 7) is -0.179. The van der Waals surface area contributed by atoms with Crippen LogP contribution >= 0.6 is 0 Å². The highest BCUT2D eigenvalue weighted by molar-refractivity contribution is 6.07. The molecule has 0 unspecified atom stereocenters. The van der Waals surface area contributed by atoms with Crippen LogP contribution in [-0.4, -0.2) is 37.3 Å². The van der Waals surface area contributed by atoms with Crippen molar-refractivity contribution in [1.29, 1.82) is 0 Å². The Balaban J connectivity index is 1.89. The Morgan fingerprint density at radius 1 is 0.737 bits per heavy atom. The van der Waals surface area contributed by atoms with Gasteiger partial charge in [-0.3, -0.25) is 4.79 Å². The van der Waals surface area contributed by atoms with Crippen molar-refractivity contribution in [3.8, 4) is 17.2 Å². The van der Waals surface area contributed by atoms with Gasteiger partial charge in [-0.15, -0.1) is 0 Å². The number of benzene rings is 3. The molecular weight excluding hydrogens is 480 g/mol. The first-order valence-corrected chi connectivity index (χ1v) is 12.0. The van der Waals surface area contributed by atoms with E-state index >= 15 is 0 Å². The molecule has 0 amide bonds. The van der Waals surface area contributed by atoms with Crippen LogP contribution in [0.4, 0.5) is 0 Å². The molecule has 0 spiro atoms. The summed E-state index contributed by atoms with van der Waals surface area (Å²) >= 11 is 0. The van der Waals surface area contributed by atoms with Crippen molar-refractivity contribution < 1.29 is 29.2 Å². The summed E-state index contributed by atoms with van der Waals surface area (Å²) in [5.41, 5.74) is 3.35. The van der Waals surface area contributed by atoms with Crippen molar-refractivity contribution in [1.82, 2.24) is 0 Å². The quantitative estimate of drug-likeness (QED) is 0.166. The second-order valence-electron chi connectivity index (χ2n) is 8.26. The van der Waals surface area contributed by atoms with E-state index in [0.717, 1.165) is 16.7 Å². The molecule has 6 nitrogen and oxygen atoms in total. The van der Waals surface area contributed by atoms with Crippen LogP contribution in [0, 0.1) is 0 Å². The van der Waals surface area contributed by atoms with Gasteiger partial charge in [0.1, 0.15) is 11.5 Å². The van der Waals surface area contributed by atoms with E-state index in [1.54, 1.807) is 56.7 Å². The van der Waals surface area contributed by atoms with Crippen LogP contribution in [-0.2, 0) is 11.4 Å². The van der Waals surface area contributed by atoms with Gasteiger partial charge in [0, 0.05) is 11.1 Å². The van der Waals surface area contributed by atoms with Gasteiger partial charge in [0.05, 0.1) is 27.9 Å².